The van der Waals surface area contributed by atoms with E-state index in [-0.39, 0.29) is 12.1 Å². The van der Waals surface area contributed by atoms with Gasteiger partial charge in [0.1, 0.15) is 6.10 Å². The molecule has 4 aliphatic carbocycles. The summed E-state index contributed by atoms with van der Waals surface area (Å²) in [6.07, 6.45) is 6.79. The van der Waals surface area contributed by atoms with Gasteiger partial charge in [-0.2, -0.15) is 0 Å². The molecule has 0 N–H and O–H groups in total. The smallest absolute Gasteiger partial charge is 0.338 e. The summed E-state index contributed by atoms with van der Waals surface area (Å²) in [6, 6.07) is 7.75. The minimum absolute atomic E-state index is 0.111. The van der Waals surface area contributed by atoms with E-state index in [9.17, 15) is 4.79 Å². The molecule has 106 valence electrons. The van der Waals surface area contributed by atoms with Crippen LogP contribution in [0, 0.1) is 30.6 Å². The molecule has 1 aromatic rings. The van der Waals surface area contributed by atoms with Crippen molar-refractivity contribution in [3.05, 3.63) is 35.4 Å². The molecule has 0 heterocycles. The number of ether oxygens (including phenoxy) is 1. The summed E-state index contributed by atoms with van der Waals surface area (Å²) in [6.45, 7) is 1.98. The number of carbonyl (C=O) groups is 1. The Kier molecular flexibility index (Phi) is 2.87. The molecule has 0 spiro atoms. The molecule has 2 nitrogen and oxygen atoms in total. The van der Waals surface area contributed by atoms with E-state index in [0.717, 1.165) is 23.0 Å². The Morgan fingerprint density at radius 2 is 1.60 bits per heavy atom. The lowest BCUT2D eigenvalue weighted by Crippen LogP contribution is -2.50. The standard InChI is InChI=1S/C18H22O2/c1-11-4-2-3-5-16(11)18(19)20-17-14-7-12-6-13(9-14)10-15(17)8-12/h2-5,12-15,17H,6-10H2,1H3. The highest BCUT2D eigenvalue weighted by Gasteiger charge is 2.49. The summed E-state index contributed by atoms with van der Waals surface area (Å²) in [4.78, 5) is 12.4. The highest BCUT2D eigenvalue weighted by Crippen LogP contribution is 2.54. The predicted molar refractivity (Wildman–Crippen MR) is 77.4 cm³/mol. The Morgan fingerprint density at radius 3 is 2.20 bits per heavy atom. The fraction of sp³-hybridized carbons (Fsp3) is 0.611. The van der Waals surface area contributed by atoms with Gasteiger partial charge >= 0.3 is 5.97 Å². The Bertz CT molecular complexity index is 506. The number of aryl methyl sites for hydroxylation is 1. The van der Waals surface area contributed by atoms with Gasteiger partial charge in [-0.25, -0.2) is 4.79 Å². The van der Waals surface area contributed by atoms with Crippen molar-refractivity contribution in [3.63, 3.8) is 0 Å². The van der Waals surface area contributed by atoms with Crippen LogP contribution < -0.4 is 0 Å². The Labute approximate surface area is 120 Å². The summed E-state index contributed by atoms with van der Waals surface area (Å²) in [7, 11) is 0. The van der Waals surface area contributed by atoms with Crippen LogP contribution in [0.4, 0.5) is 0 Å². The van der Waals surface area contributed by atoms with Crippen LogP contribution in [0.1, 0.15) is 48.0 Å². The molecule has 5 rings (SSSR count). The van der Waals surface area contributed by atoms with Crippen LogP contribution in [-0.4, -0.2) is 12.1 Å². The number of benzene rings is 1. The lowest BCUT2D eigenvalue weighted by atomic mass is 9.55. The Morgan fingerprint density at radius 1 is 1.00 bits per heavy atom. The van der Waals surface area contributed by atoms with Crippen LogP contribution in [0.25, 0.3) is 0 Å². The fourth-order valence-corrected chi connectivity index (χ4v) is 5.06. The number of hydrogen-bond donors (Lipinski definition) is 0. The van der Waals surface area contributed by atoms with Crippen molar-refractivity contribution in [1.82, 2.24) is 0 Å². The maximum absolute atomic E-state index is 12.4. The zero-order chi connectivity index (χ0) is 13.7. The van der Waals surface area contributed by atoms with E-state index in [1.165, 1.54) is 32.1 Å². The first-order valence-corrected chi connectivity index (χ1v) is 7.97. The molecule has 0 unspecified atom stereocenters. The van der Waals surface area contributed by atoms with E-state index >= 15 is 0 Å². The molecule has 1 aromatic carbocycles. The molecule has 4 bridgehead atoms. The Balaban J connectivity index is 1.52. The van der Waals surface area contributed by atoms with E-state index < -0.39 is 0 Å². The molecule has 0 saturated heterocycles. The average Bonchev–Trinajstić information content (AvgIpc) is 2.42. The van der Waals surface area contributed by atoms with E-state index in [4.69, 9.17) is 4.74 Å². The van der Waals surface area contributed by atoms with Crippen LogP contribution in [0.5, 0.6) is 0 Å². The first-order chi connectivity index (χ1) is 9.70. The molecular formula is C18H22O2. The highest BCUT2D eigenvalue weighted by molar-refractivity contribution is 5.91. The summed E-state index contributed by atoms with van der Waals surface area (Å²) in [5, 5.41) is 0. The number of rotatable bonds is 2. The third-order valence-electron chi connectivity index (χ3n) is 5.75. The van der Waals surface area contributed by atoms with Crippen molar-refractivity contribution in [2.45, 2.75) is 45.1 Å². The van der Waals surface area contributed by atoms with E-state index in [1.54, 1.807) is 0 Å². The van der Waals surface area contributed by atoms with Crippen LogP contribution in [0.3, 0.4) is 0 Å². The molecule has 4 fully saturated rings. The third kappa shape index (κ3) is 1.97. The highest BCUT2D eigenvalue weighted by atomic mass is 16.5. The first-order valence-electron chi connectivity index (χ1n) is 7.97. The summed E-state index contributed by atoms with van der Waals surface area (Å²) in [5.41, 5.74) is 1.75. The SMILES string of the molecule is Cc1ccccc1C(=O)OC1C2CC3CC(C2)CC1C3. The molecule has 0 radical (unpaired) electrons. The van der Waals surface area contributed by atoms with Gasteiger partial charge in [-0.3, -0.25) is 0 Å². The lowest BCUT2D eigenvalue weighted by molar-refractivity contribution is -0.101. The van der Waals surface area contributed by atoms with Crippen LogP contribution in [0.2, 0.25) is 0 Å². The van der Waals surface area contributed by atoms with Crippen molar-refractivity contribution in [2.75, 3.05) is 0 Å². The van der Waals surface area contributed by atoms with Gasteiger partial charge < -0.3 is 4.74 Å². The second-order valence-corrected chi connectivity index (χ2v) is 7.12. The summed E-state index contributed by atoms with van der Waals surface area (Å²) in [5.74, 6) is 3.01. The summed E-state index contributed by atoms with van der Waals surface area (Å²) < 4.78 is 5.96. The summed E-state index contributed by atoms with van der Waals surface area (Å²) >= 11 is 0. The van der Waals surface area contributed by atoms with Gasteiger partial charge in [0.05, 0.1) is 5.56 Å². The number of hydrogen-bond acceptors (Lipinski definition) is 2. The van der Waals surface area contributed by atoms with Gasteiger partial charge in [0.25, 0.3) is 0 Å². The van der Waals surface area contributed by atoms with Gasteiger partial charge in [0.2, 0.25) is 0 Å². The van der Waals surface area contributed by atoms with E-state index in [0.29, 0.717) is 11.8 Å². The second-order valence-electron chi connectivity index (χ2n) is 7.12. The largest absolute Gasteiger partial charge is 0.458 e. The zero-order valence-corrected chi connectivity index (χ0v) is 12.0. The van der Waals surface area contributed by atoms with Crippen molar-refractivity contribution in [1.29, 1.82) is 0 Å². The fourth-order valence-electron chi connectivity index (χ4n) is 5.06. The first kappa shape index (κ1) is 12.4. The molecule has 0 aliphatic heterocycles. The lowest BCUT2D eigenvalue weighted by Gasteiger charge is -2.53. The monoisotopic (exact) mass is 270 g/mol. The van der Waals surface area contributed by atoms with Crippen molar-refractivity contribution >= 4 is 5.97 Å². The molecule has 0 amide bonds. The van der Waals surface area contributed by atoms with Crippen molar-refractivity contribution < 1.29 is 9.53 Å². The van der Waals surface area contributed by atoms with Gasteiger partial charge in [-0.05, 0) is 74.3 Å². The zero-order valence-electron chi connectivity index (χ0n) is 12.0. The average molecular weight is 270 g/mol. The Hall–Kier alpha value is -1.31. The van der Waals surface area contributed by atoms with Gasteiger partial charge in [-0.1, -0.05) is 18.2 Å². The minimum atomic E-state index is -0.111. The van der Waals surface area contributed by atoms with Crippen LogP contribution in [0.15, 0.2) is 24.3 Å². The quantitative estimate of drug-likeness (QED) is 0.760. The van der Waals surface area contributed by atoms with Gasteiger partial charge in [0, 0.05) is 0 Å². The van der Waals surface area contributed by atoms with E-state index in [1.807, 2.05) is 31.2 Å². The molecule has 0 atom stereocenters. The van der Waals surface area contributed by atoms with Gasteiger partial charge in [0.15, 0.2) is 0 Å². The van der Waals surface area contributed by atoms with Crippen molar-refractivity contribution in [3.8, 4) is 0 Å². The minimum Gasteiger partial charge on any atom is -0.458 e. The van der Waals surface area contributed by atoms with Gasteiger partial charge in [-0.15, -0.1) is 0 Å². The maximum atomic E-state index is 12.4. The van der Waals surface area contributed by atoms with Crippen LogP contribution in [-0.2, 0) is 4.74 Å². The number of carbonyl (C=O) groups excluding carboxylic acids is 1. The second kappa shape index (κ2) is 4.61. The molecule has 4 aliphatic rings. The maximum Gasteiger partial charge on any atom is 0.338 e. The number of esters is 1. The van der Waals surface area contributed by atoms with Crippen molar-refractivity contribution in [2.24, 2.45) is 23.7 Å². The predicted octanol–water partition coefficient (Wildman–Crippen LogP) is 3.98. The third-order valence-corrected chi connectivity index (χ3v) is 5.75. The normalized spacial score (nSPS) is 38.0. The molecule has 4 saturated carbocycles. The van der Waals surface area contributed by atoms with Crippen LogP contribution >= 0.6 is 0 Å². The topological polar surface area (TPSA) is 26.3 Å². The molecule has 2 heteroatoms. The molecular weight excluding hydrogens is 248 g/mol. The molecule has 0 aromatic heterocycles. The molecule has 20 heavy (non-hydrogen) atoms. The van der Waals surface area contributed by atoms with E-state index in [2.05, 4.69) is 0 Å².